The molecule has 0 saturated carbocycles. The molecular weight excluding hydrogens is 366 g/mol. The maximum atomic E-state index is 12.6. The first kappa shape index (κ1) is 19.5. The number of ether oxygens (including phenoxy) is 1. The van der Waals surface area contributed by atoms with E-state index in [0.29, 0.717) is 6.42 Å². The molecule has 2 fully saturated rings. The van der Waals surface area contributed by atoms with Crippen molar-refractivity contribution in [2.45, 2.75) is 25.7 Å². The van der Waals surface area contributed by atoms with Gasteiger partial charge in [0, 0.05) is 51.9 Å². The van der Waals surface area contributed by atoms with Gasteiger partial charge in [-0.3, -0.25) is 4.79 Å². The van der Waals surface area contributed by atoms with E-state index in [4.69, 9.17) is 9.72 Å². The minimum Gasteiger partial charge on any atom is -0.497 e. The molecule has 7 nitrogen and oxygen atoms in total. The molecule has 1 amide bonds. The molecule has 0 unspecified atom stereocenters. The number of carbonyl (C=O) groups is 1. The Balaban J connectivity index is 1.27. The number of carbonyl (C=O) groups excluding carboxylic acids is 1. The number of piperazine rings is 1. The predicted molar refractivity (Wildman–Crippen MR) is 114 cm³/mol. The summed E-state index contributed by atoms with van der Waals surface area (Å²) < 4.78 is 5.18. The Morgan fingerprint density at radius 1 is 0.966 bits per heavy atom. The van der Waals surface area contributed by atoms with Crippen LogP contribution in [0.2, 0.25) is 0 Å². The maximum Gasteiger partial charge on any atom is 0.227 e. The SMILES string of the molecule is COc1ccc(CCC(=O)N2CCN(c3ccnc(N4CCCC4)n3)CC2)cc1. The molecule has 1 aromatic heterocycles. The molecule has 7 heteroatoms. The van der Waals surface area contributed by atoms with Crippen LogP contribution in [0.5, 0.6) is 5.75 Å². The van der Waals surface area contributed by atoms with Crippen molar-refractivity contribution in [2.24, 2.45) is 0 Å². The van der Waals surface area contributed by atoms with Gasteiger partial charge >= 0.3 is 0 Å². The molecule has 0 bridgehead atoms. The first-order valence-corrected chi connectivity index (χ1v) is 10.5. The van der Waals surface area contributed by atoms with Crippen molar-refractivity contribution < 1.29 is 9.53 Å². The highest BCUT2D eigenvalue weighted by molar-refractivity contribution is 5.76. The first-order valence-electron chi connectivity index (χ1n) is 10.5. The fourth-order valence-corrected chi connectivity index (χ4v) is 3.97. The van der Waals surface area contributed by atoms with Crippen LogP contribution < -0.4 is 14.5 Å². The van der Waals surface area contributed by atoms with E-state index in [1.807, 2.05) is 41.4 Å². The average molecular weight is 396 g/mol. The topological polar surface area (TPSA) is 61.8 Å². The number of hydrogen-bond acceptors (Lipinski definition) is 6. The van der Waals surface area contributed by atoms with Crippen molar-refractivity contribution >= 4 is 17.7 Å². The summed E-state index contributed by atoms with van der Waals surface area (Å²) in [5.74, 6) is 2.86. The highest BCUT2D eigenvalue weighted by Crippen LogP contribution is 2.20. The predicted octanol–water partition coefficient (Wildman–Crippen LogP) is 2.37. The van der Waals surface area contributed by atoms with Gasteiger partial charge in [0.2, 0.25) is 11.9 Å². The number of aryl methyl sites for hydroxylation is 1. The van der Waals surface area contributed by atoms with E-state index in [-0.39, 0.29) is 5.91 Å². The minimum absolute atomic E-state index is 0.223. The van der Waals surface area contributed by atoms with Gasteiger partial charge in [0.1, 0.15) is 11.6 Å². The van der Waals surface area contributed by atoms with Crippen LogP contribution in [0, 0.1) is 0 Å². The standard InChI is InChI=1S/C22H29N5O2/c1-29-19-7-4-18(5-8-19)6-9-21(28)26-16-14-25(15-17-26)20-10-11-23-22(24-20)27-12-2-3-13-27/h4-5,7-8,10-11H,2-3,6,9,12-17H2,1H3. The van der Waals surface area contributed by atoms with Gasteiger partial charge in [-0.25, -0.2) is 4.98 Å². The zero-order valence-corrected chi connectivity index (χ0v) is 17.1. The normalized spacial score (nSPS) is 16.9. The van der Waals surface area contributed by atoms with Gasteiger partial charge in [0.25, 0.3) is 0 Å². The van der Waals surface area contributed by atoms with Crippen LogP contribution in [0.3, 0.4) is 0 Å². The van der Waals surface area contributed by atoms with Crippen LogP contribution in [0.25, 0.3) is 0 Å². The number of benzene rings is 1. The number of amides is 1. The van der Waals surface area contributed by atoms with E-state index in [1.165, 1.54) is 12.8 Å². The van der Waals surface area contributed by atoms with Crippen LogP contribution in [0.15, 0.2) is 36.5 Å². The number of aromatic nitrogens is 2. The lowest BCUT2D eigenvalue weighted by molar-refractivity contribution is -0.131. The third-order valence-corrected chi connectivity index (χ3v) is 5.76. The molecular formula is C22H29N5O2. The van der Waals surface area contributed by atoms with Crippen molar-refractivity contribution in [2.75, 3.05) is 56.2 Å². The monoisotopic (exact) mass is 395 g/mol. The molecule has 2 aliphatic rings. The maximum absolute atomic E-state index is 12.6. The molecule has 0 spiro atoms. The van der Waals surface area contributed by atoms with Gasteiger partial charge < -0.3 is 19.4 Å². The van der Waals surface area contributed by atoms with Crippen LogP contribution >= 0.6 is 0 Å². The molecule has 3 heterocycles. The Labute approximate surface area is 172 Å². The Bertz CT molecular complexity index is 812. The number of hydrogen-bond donors (Lipinski definition) is 0. The lowest BCUT2D eigenvalue weighted by Crippen LogP contribution is -2.49. The van der Waals surface area contributed by atoms with E-state index < -0.39 is 0 Å². The summed E-state index contributed by atoms with van der Waals surface area (Å²) >= 11 is 0. The van der Waals surface area contributed by atoms with E-state index in [9.17, 15) is 4.79 Å². The number of nitrogens with zero attached hydrogens (tertiary/aromatic N) is 5. The lowest BCUT2D eigenvalue weighted by Gasteiger charge is -2.35. The number of methoxy groups -OCH3 is 1. The second-order valence-electron chi connectivity index (χ2n) is 7.62. The minimum atomic E-state index is 0.223. The quantitative estimate of drug-likeness (QED) is 0.748. The number of rotatable bonds is 6. The molecule has 4 rings (SSSR count). The van der Waals surface area contributed by atoms with Gasteiger partial charge in [-0.2, -0.15) is 4.98 Å². The van der Waals surface area contributed by atoms with Crippen molar-refractivity contribution in [3.63, 3.8) is 0 Å². The Morgan fingerprint density at radius 2 is 1.69 bits per heavy atom. The summed E-state index contributed by atoms with van der Waals surface area (Å²) in [6.45, 7) is 5.18. The van der Waals surface area contributed by atoms with Gasteiger partial charge in [-0.05, 0) is 43.0 Å². The molecule has 2 saturated heterocycles. The fourth-order valence-electron chi connectivity index (χ4n) is 3.97. The van der Waals surface area contributed by atoms with Crippen LogP contribution in [-0.2, 0) is 11.2 Å². The summed E-state index contributed by atoms with van der Waals surface area (Å²) in [5, 5.41) is 0. The van der Waals surface area contributed by atoms with Crippen molar-refractivity contribution in [3.05, 3.63) is 42.1 Å². The van der Waals surface area contributed by atoms with Gasteiger partial charge in [-0.1, -0.05) is 12.1 Å². The second-order valence-corrected chi connectivity index (χ2v) is 7.62. The fraction of sp³-hybridized carbons (Fsp3) is 0.500. The molecule has 2 aromatic rings. The highest BCUT2D eigenvalue weighted by atomic mass is 16.5. The summed E-state index contributed by atoms with van der Waals surface area (Å²) in [7, 11) is 1.66. The Kier molecular flexibility index (Phi) is 6.12. The highest BCUT2D eigenvalue weighted by Gasteiger charge is 2.23. The number of anilines is 2. The molecule has 1 aromatic carbocycles. The molecule has 154 valence electrons. The van der Waals surface area contributed by atoms with Crippen molar-refractivity contribution in [1.82, 2.24) is 14.9 Å². The molecule has 2 aliphatic heterocycles. The van der Waals surface area contributed by atoms with E-state index in [2.05, 4.69) is 14.8 Å². The first-order chi connectivity index (χ1) is 14.2. The molecule has 0 N–H and O–H groups in total. The van der Waals surface area contributed by atoms with Gasteiger partial charge in [0.15, 0.2) is 0 Å². The van der Waals surface area contributed by atoms with Crippen LogP contribution in [0.4, 0.5) is 11.8 Å². The Morgan fingerprint density at radius 3 is 2.38 bits per heavy atom. The average Bonchev–Trinajstić information content (AvgIpc) is 3.33. The second kappa shape index (κ2) is 9.11. The van der Waals surface area contributed by atoms with Gasteiger partial charge in [0.05, 0.1) is 7.11 Å². The molecule has 29 heavy (non-hydrogen) atoms. The van der Waals surface area contributed by atoms with Crippen molar-refractivity contribution in [1.29, 1.82) is 0 Å². The summed E-state index contributed by atoms with van der Waals surface area (Å²) in [4.78, 5) is 28.3. The zero-order chi connectivity index (χ0) is 20.1. The molecule has 0 radical (unpaired) electrons. The smallest absolute Gasteiger partial charge is 0.227 e. The molecule has 0 aliphatic carbocycles. The Hall–Kier alpha value is -2.83. The molecule has 0 atom stereocenters. The largest absolute Gasteiger partial charge is 0.497 e. The lowest BCUT2D eigenvalue weighted by atomic mass is 10.1. The van der Waals surface area contributed by atoms with E-state index >= 15 is 0 Å². The van der Waals surface area contributed by atoms with E-state index in [1.54, 1.807) is 7.11 Å². The van der Waals surface area contributed by atoms with Gasteiger partial charge in [-0.15, -0.1) is 0 Å². The third kappa shape index (κ3) is 4.78. The van der Waals surface area contributed by atoms with Crippen molar-refractivity contribution in [3.8, 4) is 5.75 Å². The summed E-state index contributed by atoms with van der Waals surface area (Å²) in [5.41, 5.74) is 1.16. The zero-order valence-electron chi connectivity index (χ0n) is 17.1. The van der Waals surface area contributed by atoms with E-state index in [0.717, 1.165) is 68.8 Å². The summed E-state index contributed by atoms with van der Waals surface area (Å²) in [6.07, 6.45) is 5.57. The van der Waals surface area contributed by atoms with Crippen LogP contribution in [-0.4, -0.2) is 67.2 Å². The van der Waals surface area contributed by atoms with Crippen LogP contribution in [0.1, 0.15) is 24.8 Å². The summed E-state index contributed by atoms with van der Waals surface area (Å²) in [6, 6.07) is 9.91. The third-order valence-electron chi connectivity index (χ3n) is 5.76.